The Morgan fingerprint density at radius 1 is 1.44 bits per heavy atom. The molecule has 1 atom stereocenters. The van der Waals surface area contributed by atoms with Gasteiger partial charge in [0.1, 0.15) is 6.04 Å². The van der Waals surface area contributed by atoms with Crippen molar-refractivity contribution >= 4 is 23.6 Å². The Bertz CT molecular complexity index is 422. The molecule has 2 N–H and O–H groups in total. The second-order valence-electron chi connectivity index (χ2n) is 3.71. The summed E-state index contributed by atoms with van der Waals surface area (Å²) < 4.78 is 0. The molecule has 0 fully saturated rings. The Labute approximate surface area is 109 Å². The molecule has 1 amide bonds. The first kappa shape index (κ1) is 14.4. The van der Waals surface area contributed by atoms with Crippen LogP contribution in [0.1, 0.15) is 22.6 Å². The molecule has 1 aromatic heterocycles. The number of aryl methyl sites for hydroxylation is 1. The fourth-order valence-electron chi connectivity index (χ4n) is 1.25. The van der Waals surface area contributed by atoms with Gasteiger partial charge < -0.3 is 10.4 Å². The summed E-state index contributed by atoms with van der Waals surface area (Å²) in [6, 6.07) is 2.28. The lowest BCUT2D eigenvalue weighted by molar-refractivity contribution is -0.139. The molecule has 0 aromatic carbocycles. The number of carboxylic acids is 1. The summed E-state index contributed by atoms with van der Waals surface area (Å²) in [4.78, 5) is 22.7. The standard InChI is InChI=1S/C11H15N3O3S/c1-7-3-4-8(14-13-7)10(15)12-9(11(16)17)5-6-18-2/h3-4,9H,5-6H2,1-2H3,(H,12,15)(H,16,17)/t9-/m0/s1. The fraction of sp³-hybridized carbons (Fsp3) is 0.455. The molecule has 1 aromatic rings. The van der Waals surface area contributed by atoms with Crippen LogP contribution >= 0.6 is 11.8 Å². The van der Waals surface area contributed by atoms with Crippen molar-refractivity contribution in [1.29, 1.82) is 0 Å². The maximum absolute atomic E-state index is 11.8. The molecule has 0 unspecified atom stereocenters. The molecule has 18 heavy (non-hydrogen) atoms. The van der Waals surface area contributed by atoms with E-state index in [9.17, 15) is 9.59 Å². The number of thioether (sulfide) groups is 1. The van der Waals surface area contributed by atoms with Crippen LogP contribution in [0.4, 0.5) is 0 Å². The van der Waals surface area contributed by atoms with Crippen LogP contribution in [0.25, 0.3) is 0 Å². The number of amides is 1. The number of rotatable bonds is 6. The van der Waals surface area contributed by atoms with E-state index in [0.717, 1.165) is 0 Å². The molecule has 6 nitrogen and oxygen atoms in total. The highest BCUT2D eigenvalue weighted by atomic mass is 32.2. The van der Waals surface area contributed by atoms with E-state index >= 15 is 0 Å². The van der Waals surface area contributed by atoms with Crippen LogP contribution in [0.15, 0.2) is 12.1 Å². The number of aromatic nitrogens is 2. The topological polar surface area (TPSA) is 92.2 Å². The second-order valence-corrected chi connectivity index (χ2v) is 4.69. The summed E-state index contributed by atoms with van der Waals surface area (Å²) in [5.74, 6) is -0.898. The number of carboxylic acid groups (broad SMARTS) is 1. The monoisotopic (exact) mass is 269 g/mol. The van der Waals surface area contributed by atoms with Crippen molar-refractivity contribution in [3.8, 4) is 0 Å². The average Bonchev–Trinajstić information content (AvgIpc) is 2.34. The lowest BCUT2D eigenvalue weighted by Gasteiger charge is -2.13. The van der Waals surface area contributed by atoms with Crippen LogP contribution < -0.4 is 5.32 Å². The summed E-state index contributed by atoms with van der Waals surface area (Å²) in [6.45, 7) is 1.76. The van der Waals surface area contributed by atoms with Gasteiger partial charge in [-0.25, -0.2) is 4.79 Å². The van der Waals surface area contributed by atoms with E-state index in [1.54, 1.807) is 13.0 Å². The van der Waals surface area contributed by atoms with Crippen LogP contribution in [-0.4, -0.2) is 45.2 Å². The van der Waals surface area contributed by atoms with Gasteiger partial charge in [0, 0.05) is 0 Å². The Kier molecular flexibility index (Phi) is 5.57. The first-order valence-electron chi connectivity index (χ1n) is 5.37. The third-order valence-electron chi connectivity index (χ3n) is 2.24. The van der Waals surface area contributed by atoms with Gasteiger partial charge in [-0.05, 0) is 37.5 Å². The highest BCUT2D eigenvalue weighted by Gasteiger charge is 2.20. The van der Waals surface area contributed by atoms with Gasteiger partial charge >= 0.3 is 5.97 Å². The smallest absolute Gasteiger partial charge is 0.326 e. The summed E-state index contributed by atoms with van der Waals surface area (Å²) in [5, 5.41) is 18.9. The molecular weight excluding hydrogens is 254 g/mol. The number of hydrogen-bond donors (Lipinski definition) is 2. The van der Waals surface area contributed by atoms with Crippen LogP contribution in [0.5, 0.6) is 0 Å². The number of nitrogens with one attached hydrogen (secondary N) is 1. The molecular formula is C11H15N3O3S. The Morgan fingerprint density at radius 3 is 2.67 bits per heavy atom. The third kappa shape index (κ3) is 4.33. The maximum atomic E-state index is 11.8. The number of aliphatic carboxylic acids is 1. The minimum atomic E-state index is -1.04. The van der Waals surface area contributed by atoms with Crippen molar-refractivity contribution in [2.45, 2.75) is 19.4 Å². The van der Waals surface area contributed by atoms with E-state index in [1.807, 2.05) is 6.26 Å². The quantitative estimate of drug-likeness (QED) is 0.790. The molecule has 0 spiro atoms. The summed E-state index contributed by atoms with van der Waals surface area (Å²) >= 11 is 1.53. The molecule has 0 bridgehead atoms. The first-order valence-corrected chi connectivity index (χ1v) is 6.77. The van der Waals surface area contributed by atoms with E-state index < -0.39 is 17.9 Å². The molecule has 0 aliphatic rings. The average molecular weight is 269 g/mol. The number of hydrogen-bond acceptors (Lipinski definition) is 5. The Balaban J connectivity index is 2.66. The molecule has 1 rings (SSSR count). The molecule has 98 valence electrons. The van der Waals surface area contributed by atoms with Gasteiger partial charge in [0.05, 0.1) is 5.69 Å². The van der Waals surface area contributed by atoms with Gasteiger partial charge in [0.15, 0.2) is 5.69 Å². The van der Waals surface area contributed by atoms with Gasteiger partial charge in [0.2, 0.25) is 0 Å². The third-order valence-corrected chi connectivity index (χ3v) is 2.89. The summed E-state index contributed by atoms with van der Waals surface area (Å²) in [7, 11) is 0. The van der Waals surface area contributed by atoms with Crippen molar-refractivity contribution in [3.05, 3.63) is 23.5 Å². The van der Waals surface area contributed by atoms with E-state index in [2.05, 4.69) is 15.5 Å². The molecule has 1 heterocycles. The molecule has 0 aliphatic heterocycles. The van der Waals surface area contributed by atoms with Crippen LogP contribution in [0, 0.1) is 6.92 Å². The Morgan fingerprint density at radius 2 is 2.17 bits per heavy atom. The minimum absolute atomic E-state index is 0.121. The summed E-state index contributed by atoms with van der Waals surface area (Å²) in [5.41, 5.74) is 0.819. The zero-order valence-corrected chi connectivity index (χ0v) is 11.0. The van der Waals surface area contributed by atoms with Crippen LogP contribution in [-0.2, 0) is 4.79 Å². The van der Waals surface area contributed by atoms with Gasteiger partial charge in [-0.15, -0.1) is 5.10 Å². The first-order chi connectivity index (χ1) is 8.54. The van der Waals surface area contributed by atoms with Gasteiger partial charge in [-0.3, -0.25) is 4.79 Å². The predicted molar refractivity (Wildman–Crippen MR) is 68.7 cm³/mol. The zero-order valence-electron chi connectivity index (χ0n) is 10.2. The lowest BCUT2D eigenvalue weighted by atomic mass is 10.2. The maximum Gasteiger partial charge on any atom is 0.326 e. The highest BCUT2D eigenvalue weighted by molar-refractivity contribution is 7.98. The second kappa shape index (κ2) is 6.95. The van der Waals surface area contributed by atoms with E-state index in [1.165, 1.54) is 17.8 Å². The summed E-state index contributed by atoms with van der Waals surface area (Å²) in [6.07, 6.45) is 2.26. The van der Waals surface area contributed by atoms with Crippen molar-refractivity contribution < 1.29 is 14.7 Å². The molecule has 0 saturated heterocycles. The van der Waals surface area contributed by atoms with E-state index in [0.29, 0.717) is 17.9 Å². The minimum Gasteiger partial charge on any atom is -0.480 e. The van der Waals surface area contributed by atoms with Gasteiger partial charge in [-0.2, -0.15) is 16.9 Å². The van der Waals surface area contributed by atoms with Gasteiger partial charge in [-0.1, -0.05) is 0 Å². The molecule has 0 radical (unpaired) electrons. The normalized spacial score (nSPS) is 11.9. The van der Waals surface area contributed by atoms with E-state index in [4.69, 9.17) is 5.11 Å². The molecule has 7 heteroatoms. The highest BCUT2D eigenvalue weighted by Crippen LogP contribution is 2.03. The largest absolute Gasteiger partial charge is 0.480 e. The van der Waals surface area contributed by atoms with Crippen LogP contribution in [0.2, 0.25) is 0 Å². The van der Waals surface area contributed by atoms with Gasteiger partial charge in [0.25, 0.3) is 5.91 Å². The number of carbonyl (C=O) groups excluding carboxylic acids is 1. The molecule has 0 aliphatic carbocycles. The zero-order chi connectivity index (χ0) is 13.5. The van der Waals surface area contributed by atoms with Crippen molar-refractivity contribution in [3.63, 3.8) is 0 Å². The van der Waals surface area contributed by atoms with Crippen LogP contribution in [0.3, 0.4) is 0 Å². The Hall–Kier alpha value is -1.63. The number of nitrogens with zero attached hydrogens (tertiary/aromatic N) is 2. The van der Waals surface area contributed by atoms with Crippen molar-refractivity contribution in [2.75, 3.05) is 12.0 Å². The van der Waals surface area contributed by atoms with Crippen molar-refractivity contribution in [1.82, 2.24) is 15.5 Å². The predicted octanol–water partition coefficient (Wildman–Crippen LogP) is 0.721. The lowest BCUT2D eigenvalue weighted by Crippen LogP contribution is -2.41. The van der Waals surface area contributed by atoms with E-state index in [-0.39, 0.29) is 5.69 Å². The fourth-order valence-corrected chi connectivity index (χ4v) is 1.72. The van der Waals surface area contributed by atoms with Crippen molar-refractivity contribution in [2.24, 2.45) is 0 Å². The SMILES string of the molecule is CSCC[C@H](NC(=O)c1ccc(C)nn1)C(=O)O. The number of carbonyl (C=O) groups is 2. The molecule has 0 saturated carbocycles.